The van der Waals surface area contributed by atoms with Gasteiger partial charge < -0.3 is 14.9 Å². The Labute approximate surface area is 114 Å². The van der Waals surface area contributed by atoms with Crippen LogP contribution in [0.2, 0.25) is 0 Å². The highest BCUT2D eigenvalue weighted by atomic mass is 16.5. The van der Waals surface area contributed by atoms with E-state index in [9.17, 15) is 0 Å². The van der Waals surface area contributed by atoms with Gasteiger partial charge in [0.05, 0.1) is 12.6 Å². The van der Waals surface area contributed by atoms with Crippen LogP contribution in [-0.4, -0.2) is 6.61 Å². The van der Waals surface area contributed by atoms with Gasteiger partial charge in [0.2, 0.25) is 0 Å². The van der Waals surface area contributed by atoms with Crippen LogP contribution in [0, 0.1) is 13.8 Å². The van der Waals surface area contributed by atoms with E-state index in [0.717, 1.165) is 41.4 Å². The van der Waals surface area contributed by atoms with E-state index in [1.165, 1.54) is 0 Å². The zero-order valence-corrected chi connectivity index (χ0v) is 11.8. The van der Waals surface area contributed by atoms with Gasteiger partial charge in [-0.15, -0.1) is 0 Å². The maximum absolute atomic E-state index is 6.31. The van der Waals surface area contributed by atoms with Gasteiger partial charge in [0, 0.05) is 5.56 Å². The zero-order chi connectivity index (χ0) is 13.8. The molecule has 0 spiro atoms. The molecule has 0 saturated carbocycles. The van der Waals surface area contributed by atoms with Gasteiger partial charge in [0.25, 0.3) is 0 Å². The molecule has 0 amide bonds. The summed E-state index contributed by atoms with van der Waals surface area (Å²) in [6.07, 6.45) is 0.996. The molecule has 1 unspecified atom stereocenters. The molecule has 0 fully saturated rings. The Bertz CT molecular complexity index is 545. The van der Waals surface area contributed by atoms with E-state index in [1.807, 2.05) is 44.2 Å². The van der Waals surface area contributed by atoms with Crippen LogP contribution >= 0.6 is 0 Å². The molecule has 2 rings (SSSR count). The lowest BCUT2D eigenvalue weighted by Gasteiger charge is -2.13. The lowest BCUT2D eigenvalue weighted by Crippen LogP contribution is -2.12. The molecule has 0 bridgehead atoms. The minimum Gasteiger partial charge on any atom is -0.494 e. The Morgan fingerprint density at radius 3 is 2.68 bits per heavy atom. The molecule has 0 aliphatic carbocycles. The van der Waals surface area contributed by atoms with E-state index in [4.69, 9.17) is 14.9 Å². The molecule has 0 aliphatic heterocycles. The van der Waals surface area contributed by atoms with Crippen LogP contribution in [-0.2, 0) is 0 Å². The molecular weight excluding hydrogens is 238 g/mol. The number of hydrogen-bond acceptors (Lipinski definition) is 3. The highest BCUT2D eigenvalue weighted by Gasteiger charge is 2.15. The van der Waals surface area contributed by atoms with Crippen molar-refractivity contribution in [1.82, 2.24) is 0 Å². The first-order valence-electron chi connectivity index (χ1n) is 6.67. The number of ether oxygens (including phenoxy) is 1. The summed E-state index contributed by atoms with van der Waals surface area (Å²) < 4.78 is 11.2. The smallest absolute Gasteiger partial charge is 0.119 e. The molecule has 2 N–H and O–H groups in total. The maximum atomic E-state index is 6.31. The summed E-state index contributed by atoms with van der Waals surface area (Å²) in [5.74, 6) is 2.64. The van der Waals surface area contributed by atoms with Crippen molar-refractivity contribution < 1.29 is 9.15 Å². The Morgan fingerprint density at radius 1 is 1.26 bits per heavy atom. The van der Waals surface area contributed by atoms with Gasteiger partial charge in [-0.25, -0.2) is 0 Å². The Hall–Kier alpha value is -1.74. The Morgan fingerprint density at radius 2 is 2.05 bits per heavy atom. The minimum absolute atomic E-state index is 0.178. The second kappa shape index (κ2) is 5.93. The SMILES string of the molecule is CCCOc1cccc(C(N)c2cc(C)oc2C)c1. The molecule has 1 atom stereocenters. The van der Waals surface area contributed by atoms with Crippen LogP contribution < -0.4 is 10.5 Å². The number of furan rings is 1. The van der Waals surface area contributed by atoms with Crippen molar-refractivity contribution in [2.75, 3.05) is 6.61 Å². The van der Waals surface area contributed by atoms with Gasteiger partial charge in [0.15, 0.2) is 0 Å². The van der Waals surface area contributed by atoms with Crippen LogP contribution in [0.4, 0.5) is 0 Å². The van der Waals surface area contributed by atoms with Crippen molar-refractivity contribution in [3.8, 4) is 5.75 Å². The summed E-state index contributed by atoms with van der Waals surface area (Å²) in [4.78, 5) is 0. The molecule has 0 aliphatic rings. The van der Waals surface area contributed by atoms with E-state index in [1.54, 1.807) is 0 Å². The van der Waals surface area contributed by atoms with Gasteiger partial charge >= 0.3 is 0 Å². The highest BCUT2D eigenvalue weighted by molar-refractivity contribution is 5.37. The van der Waals surface area contributed by atoms with E-state index in [0.29, 0.717) is 0 Å². The van der Waals surface area contributed by atoms with Crippen molar-refractivity contribution in [2.24, 2.45) is 5.73 Å². The molecule has 3 nitrogen and oxygen atoms in total. The van der Waals surface area contributed by atoms with E-state index in [-0.39, 0.29) is 6.04 Å². The third-order valence-electron chi connectivity index (χ3n) is 3.10. The van der Waals surface area contributed by atoms with Gasteiger partial charge in [0.1, 0.15) is 17.3 Å². The van der Waals surface area contributed by atoms with Gasteiger partial charge in [-0.1, -0.05) is 19.1 Å². The average molecular weight is 259 g/mol. The predicted molar refractivity (Wildman–Crippen MR) is 76.4 cm³/mol. The fraction of sp³-hybridized carbons (Fsp3) is 0.375. The molecule has 1 heterocycles. The molecule has 0 saturated heterocycles. The molecule has 19 heavy (non-hydrogen) atoms. The monoisotopic (exact) mass is 259 g/mol. The maximum Gasteiger partial charge on any atom is 0.119 e. The van der Waals surface area contributed by atoms with E-state index >= 15 is 0 Å². The minimum atomic E-state index is -0.178. The fourth-order valence-corrected chi connectivity index (χ4v) is 2.16. The second-order valence-corrected chi connectivity index (χ2v) is 4.77. The lowest BCUT2D eigenvalue weighted by atomic mass is 10.00. The Kier molecular flexibility index (Phi) is 4.27. The molecule has 3 heteroatoms. The van der Waals surface area contributed by atoms with Crippen LogP contribution in [0.25, 0.3) is 0 Å². The number of hydrogen-bond donors (Lipinski definition) is 1. The first kappa shape index (κ1) is 13.7. The molecule has 1 aromatic heterocycles. The number of aryl methyl sites for hydroxylation is 2. The topological polar surface area (TPSA) is 48.4 Å². The van der Waals surface area contributed by atoms with Crippen molar-refractivity contribution in [2.45, 2.75) is 33.2 Å². The van der Waals surface area contributed by atoms with Gasteiger partial charge in [-0.2, -0.15) is 0 Å². The molecular formula is C16H21NO2. The first-order valence-corrected chi connectivity index (χ1v) is 6.67. The summed E-state index contributed by atoms with van der Waals surface area (Å²) in [5.41, 5.74) is 8.38. The highest BCUT2D eigenvalue weighted by Crippen LogP contribution is 2.27. The standard InChI is InChI=1S/C16H21NO2/c1-4-8-18-14-7-5-6-13(10-14)16(17)15-9-11(2)19-12(15)3/h5-7,9-10,16H,4,8,17H2,1-3H3. The van der Waals surface area contributed by atoms with Crippen LogP contribution in [0.5, 0.6) is 5.75 Å². The van der Waals surface area contributed by atoms with Crippen LogP contribution in [0.15, 0.2) is 34.7 Å². The molecule has 2 aromatic rings. The van der Waals surface area contributed by atoms with Crippen LogP contribution in [0.1, 0.15) is 42.0 Å². The second-order valence-electron chi connectivity index (χ2n) is 4.77. The average Bonchev–Trinajstić information content (AvgIpc) is 2.75. The number of rotatable bonds is 5. The fourth-order valence-electron chi connectivity index (χ4n) is 2.16. The summed E-state index contributed by atoms with van der Waals surface area (Å²) in [7, 11) is 0. The van der Waals surface area contributed by atoms with Crippen molar-refractivity contribution in [3.63, 3.8) is 0 Å². The number of benzene rings is 1. The largest absolute Gasteiger partial charge is 0.494 e. The first-order chi connectivity index (χ1) is 9.11. The van der Waals surface area contributed by atoms with Gasteiger partial charge in [-0.3, -0.25) is 0 Å². The third-order valence-corrected chi connectivity index (χ3v) is 3.10. The van der Waals surface area contributed by atoms with E-state index in [2.05, 4.69) is 6.92 Å². The summed E-state index contributed by atoms with van der Waals surface area (Å²) in [5, 5.41) is 0. The summed E-state index contributed by atoms with van der Waals surface area (Å²) in [6.45, 7) is 6.69. The summed E-state index contributed by atoms with van der Waals surface area (Å²) in [6, 6.07) is 9.77. The lowest BCUT2D eigenvalue weighted by molar-refractivity contribution is 0.317. The zero-order valence-electron chi connectivity index (χ0n) is 11.8. The van der Waals surface area contributed by atoms with Gasteiger partial charge in [-0.05, 0) is 44.0 Å². The van der Waals surface area contributed by atoms with Crippen molar-refractivity contribution >= 4 is 0 Å². The quantitative estimate of drug-likeness (QED) is 0.890. The normalized spacial score (nSPS) is 12.4. The van der Waals surface area contributed by atoms with Crippen molar-refractivity contribution in [1.29, 1.82) is 0 Å². The molecule has 102 valence electrons. The molecule has 1 aromatic carbocycles. The van der Waals surface area contributed by atoms with Crippen molar-refractivity contribution in [3.05, 3.63) is 53.0 Å². The summed E-state index contributed by atoms with van der Waals surface area (Å²) >= 11 is 0. The van der Waals surface area contributed by atoms with Crippen LogP contribution in [0.3, 0.4) is 0 Å². The Balaban J connectivity index is 2.23. The number of nitrogens with two attached hydrogens (primary N) is 1. The molecule has 0 radical (unpaired) electrons. The predicted octanol–water partition coefficient (Wildman–Crippen LogP) is 3.73. The third kappa shape index (κ3) is 3.18. The van der Waals surface area contributed by atoms with E-state index < -0.39 is 0 Å².